The summed E-state index contributed by atoms with van der Waals surface area (Å²) in [5.74, 6) is 0.679. The molecule has 1 heterocycles. The highest BCUT2D eigenvalue weighted by Crippen LogP contribution is 2.26. The topological polar surface area (TPSA) is 48.1 Å². The number of nitrogens with two attached hydrogens (primary N) is 1. The van der Waals surface area contributed by atoms with Gasteiger partial charge in [-0.3, -0.25) is 4.98 Å². The third-order valence-electron chi connectivity index (χ3n) is 2.52. The molecule has 0 aliphatic rings. The molecular weight excluding hydrogens is 236 g/mol. The number of para-hydroxylation sites is 1. The molecule has 0 radical (unpaired) electrons. The Balaban J connectivity index is 2.13. The molecule has 0 fully saturated rings. The fourth-order valence-electron chi connectivity index (χ4n) is 1.46. The van der Waals surface area contributed by atoms with Crippen LogP contribution in [0.1, 0.15) is 11.1 Å². The summed E-state index contributed by atoms with van der Waals surface area (Å²) in [5, 5.41) is 0.596. The minimum Gasteiger partial charge on any atom is -0.487 e. The van der Waals surface area contributed by atoms with Crippen molar-refractivity contribution < 1.29 is 4.74 Å². The van der Waals surface area contributed by atoms with Gasteiger partial charge in [-0.2, -0.15) is 0 Å². The van der Waals surface area contributed by atoms with Crippen LogP contribution in [-0.4, -0.2) is 4.98 Å². The number of rotatable bonds is 3. The van der Waals surface area contributed by atoms with Crippen LogP contribution >= 0.6 is 11.6 Å². The van der Waals surface area contributed by atoms with Crippen LogP contribution in [0.15, 0.2) is 36.7 Å². The van der Waals surface area contributed by atoms with Crippen molar-refractivity contribution in [3.05, 3.63) is 52.8 Å². The first-order chi connectivity index (χ1) is 8.18. The number of aromatic nitrogens is 1. The molecule has 1 aromatic carbocycles. The molecule has 0 aliphatic carbocycles. The number of halogens is 1. The molecule has 2 aromatic rings. The van der Waals surface area contributed by atoms with Crippen LogP contribution in [0.25, 0.3) is 0 Å². The zero-order valence-corrected chi connectivity index (χ0v) is 10.2. The molecule has 3 nitrogen and oxygen atoms in total. The van der Waals surface area contributed by atoms with Crippen LogP contribution in [0.4, 0.5) is 5.69 Å². The predicted molar refractivity (Wildman–Crippen MR) is 69.2 cm³/mol. The second kappa shape index (κ2) is 5.06. The number of aryl methyl sites for hydroxylation is 1. The lowest BCUT2D eigenvalue weighted by molar-refractivity contribution is 0.308. The number of nitrogen functional groups attached to an aromatic ring is 1. The van der Waals surface area contributed by atoms with Gasteiger partial charge in [0.2, 0.25) is 0 Å². The van der Waals surface area contributed by atoms with Crippen molar-refractivity contribution in [3.63, 3.8) is 0 Å². The van der Waals surface area contributed by atoms with Gasteiger partial charge in [-0.15, -0.1) is 0 Å². The smallest absolute Gasteiger partial charge is 0.142 e. The SMILES string of the molecule is Cc1cccc(OCc2ccncc2Cl)c1N. The van der Waals surface area contributed by atoms with Crippen LogP contribution in [0, 0.1) is 6.92 Å². The zero-order valence-electron chi connectivity index (χ0n) is 9.48. The predicted octanol–water partition coefficient (Wildman–Crippen LogP) is 3.20. The lowest BCUT2D eigenvalue weighted by atomic mass is 10.2. The van der Waals surface area contributed by atoms with E-state index < -0.39 is 0 Å². The highest BCUT2D eigenvalue weighted by Gasteiger charge is 2.04. The first kappa shape index (κ1) is 11.7. The molecule has 0 saturated carbocycles. The summed E-state index contributed by atoms with van der Waals surface area (Å²) in [7, 11) is 0. The van der Waals surface area contributed by atoms with E-state index in [1.807, 2.05) is 31.2 Å². The number of hydrogen-bond donors (Lipinski definition) is 1. The van der Waals surface area contributed by atoms with Gasteiger partial charge in [0.1, 0.15) is 12.4 Å². The summed E-state index contributed by atoms with van der Waals surface area (Å²) in [6, 6.07) is 7.53. The molecule has 2 N–H and O–H groups in total. The fourth-order valence-corrected chi connectivity index (χ4v) is 1.63. The van der Waals surface area contributed by atoms with Crippen molar-refractivity contribution in [1.29, 1.82) is 0 Å². The normalized spacial score (nSPS) is 10.2. The summed E-state index contributed by atoms with van der Waals surface area (Å²) in [4.78, 5) is 3.92. The summed E-state index contributed by atoms with van der Waals surface area (Å²) < 4.78 is 5.65. The number of benzene rings is 1. The second-order valence-electron chi connectivity index (χ2n) is 3.74. The Bertz CT molecular complexity index is 529. The first-order valence-corrected chi connectivity index (χ1v) is 5.62. The van der Waals surface area contributed by atoms with E-state index >= 15 is 0 Å². The molecule has 17 heavy (non-hydrogen) atoms. The lowest BCUT2D eigenvalue weighted by Gasteiger charge is -2.11. The highest BCUT2D eigenvalue weighted by atomic mass is 35.5. The number of pyridine rings is 1. The maximum atomic E-state index is 5.99. The van der Waals surface area contributed by atoms with Crippen molar-refractivity contribution in [1.82, 2.24) is 4.98 Å². The van der Waals surface area contributed by atoms with E-state index in [4.69, 9.17) is 22.1 Å². The minimum atomic E-state index is 0.384. The summed E-state index contributed by atoms with van der Waals surface area (Å²) in [6.07, 6.45) is 3.28. The van der Waals surface area contributed by atoms with E-state index in [1.165, 1.54) is 0 Å². The molecule has 0 amide bonds. The Morgan fingerprint density at radius 3 is 2.94 bits per heavy atom. The van der Waals surface area contributed by atoms with Gasteiger partial charge in [0.25, 0.3) is 0 Å². The molecule has 0 bridgehead atoms. The molecule has 0 atom stereocenters. The van der Waals surface area contributed by atoms with E-state index in [1.54, 1.807) is 12.4 Å². The third-order valence-corrected chi connectivity index (χ3v) is 2.86. The van der Waals surface area contributed by atoms with Gasteiger partial charge in [0.05, 0.1) is 10.7 Å². The van der Waals surface area contributed by atoms with Crippen molar-refractivity contribution in [2.75, 3.05) is 5.73 Å². The standard InChI is InChI=1S/C13H13ClN2O/c1-9-3-2-4-12(13(9)15)17-8-10-5-6-16-7-11(10)14/h2-7H,8,15H2,1H3. The average molecular weight is 249 g/mol. The largest absolute Gasteiger partial charge is 0.487 e. The van der Waals surface area contributed by atoms with Gasteiger partial charge in [0.15, 0.2) is 0 Å². The monoisotopic (exact) mass is 248 g/mol. The quantitative estimate of drug-likeness (QED) is 0.849. The van der Waals surface area contributed by atoms with E-state index in [-0.39, 0.29) is 0 Å². The first-order valence-electron chi connectivity index (χ1n) is 5.25. The Morgan fingerprint density at radius 2 is 2.18 bits per heavy atom. The maximum absolute atomic E-state index is 5.99. The summed E-state index contributed by atoms with van der Waals surface area (Å²) in [5.41, 5.74) is 8.47. The Hall–Kier alpha value is -1.74. The molecule has 1 aromatic heterocycles. The Kier molecular flexibility index (Phi) is 3.49. The van der Waals surface area contributed by atoms with Crippen LogP contribution in [0.3, 0.4) is 0 Å². The molecule has 88 valence electrons. The number of nitrogens with zero attached hydrogens (tertiary/aromatic N) is 1. The Morgan fingerprint density at radius 1 is 1.35 bits per heavy atom. The number of ether oxygens (including phenoxy) is 1. The number of hydrogen-bond acceptors (Lipinski definition) is 3. The van der Waals surface area contributed by atoms with Crippen LogP contribution < -0.4 is 10.5 Å². The summed E-state index contributed by atoms with van der Waals surface area (Å²) in [6.45, 7) is 2.33. The van der Waals surface area contributed by atoms with Crippen molar-refractivity contribution in [2.45, 2.75) is 13.5 Å². The molecule has 2 rings (SSSR count). The van der Waals surface area contributed by atoms with E-state index in [0.29, 0.717) is 23.1 Å². The zero-order chi connectivity index (χ0) is 12.3. The maximum Gasteiger partial charge on any atom is 0.142 e. The molecule has 0 unspecified atom stereocenters. The summed E-state index contributed by atoms with van der Waals surface area (Å²) >= 11 is 5.99. The highest BCUT2D eigenvalue weighted by molar-refractivity contribution is 6.31. The third kappa shape index (κ3) is 2.68. The molecule has 0 spiro atoms. The van der Waals surface area contributed by atoms with E-state index in [9.17, 15) is 0 Å². The van der Waals surface area contributed by atoms with Crippen LogP contribution in [-0.2, 0) is 6.61 Å². The minimum absolute atomic E-state index is 0.384. The van der Waals surface area contributed by atoms with Gasteiger partial charge < -0.3 is 10.5 Å². The second-order valence-corrected chi connectivity index (χ2v) is 4.15. The molecule has 0 saturated heterocycles. The van der Waals surface area contributed by atoms with Crippen molar-refractivity contribution in [3.8, 4) is 5.75 Å². The average Bonchev–Trinajstić information content (AvgIpc) is 2.33. The van der Waals surface area contributed by atoms with Crippen molar-refractivity contribution >= 4 is 17.3 Å². The van der Waals surface area contributed by atoms with E-state index in [0.717, 1.165) is 11.1 Å². The molecular formula is C13H13ClN2O. The van der Waals surface area contributed by atoms with Gasteiger partial charge in [0, 0.05) is 18.0 Å². The number of anilines is 1. The van der Waals surface area contributed by atoms with Gasteiger partial charge in [-0.25, -0.2) is 0 Å². The van der Waals surface area contributed by atoms with E-state index in [2.05, 4.69) is 4.98 Å². The Labute approximate surface area is 105 Å². The van der Waals surface area contributed by atoms with Gasteiger partial charge in [-0.05, 0) is 24.6 Å². The van der Waals surface area contributed by atoms with Crippen LogP contribution in [0.5, 0.6) is 5.75 Å². The van der Waals surface area contributed by atoms with Crippen molar-refractivity contribution in [2.24, 2.45) is 0 Å². The molecule has 0 aliphatic heterocycles. The lowest BCUT2D eigenvalue weighted by Crippen LogP contribution is -2.00. The van der Waals surface area contributed by atoms with Gasteiger partial charge in [-0.1, -0.05) is 23.7 Å². The van der Waals surface area contributed by atoms with Gasteiger partial charge >= 0.3 is 0 Å². The van der Waals surface area contributed by atoms with Crippen LogP contribution in [0.2, 0.25) is 5.02 Å². The molecule has 4 heteroatoms. The fraction of sp³-hybridized carbons (Fsp3) is 0.154.